The van der Waals surface area contributed by atoms with Gasteiger partial charge in [0.15, 0.2) is 5.54 Å². The number of nitrogens with zero attached hydrogens (tertiary/aromatic N) is 1. The summed E-state index contributed by atoms with van der Waals surface area (Å²) in [6.45, 7) is 0. The van der Waals surface area contributed by atoms with Gasteiger partial charge < -0.3 is 4.74 Å². The minimum Gasteiger partial charge on any atom is -0.405 e. The van der Waals surface area contributed by atoms with Crippen molar-refractivity contribution in [1.29, 1.82) is 0 Å². The lowest BCUT2D eigenvalue weighted by atomic mass is 9.73. The first-order chi connectivity index (χ1) is 12.2. The van der Waals surface area contributed by atoms with Gasteiger partial charge in [-0.15, -0.1) is 0 Å². The molecular formula is C21H16ClNO2. The van der Waals surface area contributed by atoms with Crippen molar-refractivity contribution in [2.75, 3.05) is 0 Å². The third-order valence-electron chi connectivity index (χ3n) is 5.64. The molecule has 0 saturated heterocycles. The average molecular weight is 350 g/mol. The first-order valence-electron chi connectivity index (χ1n) is 8.50. The van der Waals surface area contributed by atoms with Crippen molar-refractivity contribution in [3.8, 4) is 0 Å². The van der Waals surface area contributed by atoms with Gasteiger partial charge in [0.25, 0.3) is 0 Å². The van der Waals surface area contributed by atoms with Crippen molar-refractivity contribution < 1.29 is 9.53 Å². The van der Waals surface area contributed by atoms with Gasteiger partial charge in [0.1, 0.15) is 0 Å². The van der Waals surface area contributed by atoms with Crippen LogP contribution in [0.5, 0.6) is 0 Å². The van der Waals surface area contributed by atoms with Gasteiger partial charge in [-0.1, -0.05) is 54.1 Å². The van der Waals surface area contributed by atoms with E-state index in [1.54, 1.807) is 0 Å². The number of hydrogen-bond donors (Lipinski definition) is 0. The van der Waals surface area contributed by atoms with Crippen LogP contribution in [-0.2, 0) is 9.53 Å². The van der Waals surface area contributed by atoms with Gasteiger partial charge in [-0.05, 0) is 42.2 Å². The Kier molecular flexibility index (Phi) is 3.16. The number of esters is 1. The lowest BCUT2D eigenvalue weighted by Gasteiger charge is -2.32. The summed E-state index contributed by atoms with van der Waals surface area (Å²) in [5.41, 5.74) is 1.09. The lowest BCUT2D eigenvalue weighted by molar-refractivity contribution is -0.140. The molecule has 2 bridgehead atoms. The van der Waals surface area contributed by atoms with E-state index in [9.17, 15) is 4.79 Å². The van der Waals surface area contributed by atoms with Gasteiger partial charge in [-0.25, -0.2) is 9.79 Å². The number of cyclic esters (lactones) is 1. The van der Waals surface area contributed by atoms with Crippen molar-refractivity contribution in [3.05, 3.63) is 82.9 Å². The molecule has 2 aromatic carbocycles. The maximum Gasteiger partial charge on any atom is 0.342 e. The molecular weight excluding hydrogens is 334 g/mol. The summed E-state index contributed by atoms with van der Waals surface area (Å²) >= 11 is 6.05. The molecule has 2 aromatic rings. The smallest absolute Gasteiger partial charge is 0.342 e. The Bertz CT molecular complexity index is 903. The Morgan fingerprint density at radius 2 is 1.80 bits per heavy atom. The van der Waals surface area contributed by atoms with Crippen molar-refractivity contribution >= 4 is 23.5 Å². The summed E-state index contributed by atoms with van der Waals surface area (Å²) in [5, 5.41) is 0.693. The Hall–Kier alpha value is -2.39. The quantitative estimate of drug-likeness (QED) is 0.596. The number of halogens is 1. The largest absolute Gasteiger partial charge is 0.405 e. The zero-order chi connectivity index (χ0) is 17.0. The summed E-state index contributed by atoms with van der Waals surface area (Å²) in [6.07, 6.45) is 5.29. The second-order valence-corrected chi connectivity index (χ2v) is 7.35. The number of allylic oxidation sites excluding steroid dienone is 1. The molecule has 1 fully saturated rings. The predicted molar refractivity (Wildman–Crippen MR) is 96.7 cm³/mol. The van der Waals surface area contributed by atoms with Crippen LogP contribution in [0.3, 0.4) is 0 Å². The zero-order valence-corrected chi connectivity index (χ0v) is 14.2. The van der Waals surface area contributed by atoms with Gasteiger partial charge in [0.2, 0.25) is 5.90 Å². The zero-order valence-electron chi connectivity index (χ0n) is 13.4. The van der Waals surface area contributed by atoms with Crippen LogP contribution < -0.4 is 0 Å². The first-order valence-corrected chi connectivity index (χ1v) is 8.87. The minimum atomic E-state index is -0.849. The van der Waals surface area contributed by atoms with Crippen molar-refractivity contribution in [2.45, 2.75) is 17.9 Å². The highest BCUT2D eigenvalue weighted by Gasteiger charge is 2.65. The SMILES string of the molecule is O=C1OC(c2ccccc2)=N[C@]12[C@@H]1C=C[C@@H](C1)[C@H]2c1ccc(Cl)cc1. The molecule has 1 spiro atoms. The van der Waals surface area contributed by atoms with Crippen molar-refractivity contribution in [1.82, 2.24) is 0 Å². The molecule has 25 heavy (non-hydrogen) atoms. The summed E-state index contributed by atoms with van der Waals surface area (Å²) < 4.78 is 5.66. The Balaban J connectivity index is 1.65. The van der Waals surface area contributed by atoms with Gasteiger partial charge in [-0.2, -0.15) is 0 Å². The normalized spacial score (nSPS) is 32.3. The molecule has 2 aliphatic carbocycles. The molecule has 124 valence electrons. The van der Waals surface area contributed by atoms with Crippen LogP contribution in [-0.4, -0.2) is 17.4 Å². The van der Waals surface area contributed by atoms with Crippen LogP contribution in [0, 0.1) is 11.8 Å². The van der Waals surface area contributed by atoms with E-state index >= 15 is 0 Å². The monoisotopic (exact) mass is 349 g/mol. The highest BCUT2D eigenvalue weighted by Crippen LogP contribution is 2.59. The number of benzene rings is 2. The molecule has 4 atom stereocenters. The highest BCUT2D eigenvalue weighted by atomic mass is 35.5. The summed E-state index contributed by atoms with van der Waals surface area (Å²) in [7, 11) is 0. The Morgan fingerprint density at radius 3 is 2.56 bits per heavy atom. The van der Waals surface area contributed by atoms with E-state index in [0.29, 0.717) is 16.8 Å². The maximum absolute atomic E-state index is 13.0. The Morgan fingerprint density at radius 1 is 1.04 bits per heavy atom. The molecule has 3 aliphatic rings. The van der Waals surface area contributed by atoms with Gasteiger partial charge >= 0.3 is 5.97 Å². The average Bonchev–Trinajstić information content (AvgIpc) is 3.32. The lowest BCUT2D eigenvalue weighted by Crippen LogP contribution is -2.44. The molecule has 4 heteroatoms. The second-order valence-electron chi connectivity index (χ2n) is 6.92. The van der Waals surface area contributed by atoms with Gasteiger partial charge in [0.05, 0.1) is 0 Å². The first kappa shape index (κ1) is 14.9. The summed E-state index contributed by atoms with van der Waals surface area (Å²) in [6, 6.07) is 17.4. The van der Waals surface area contributed by atoms with Crippen LogP contribution in [0.4, 0.5) is 0 Å². The third-order valence-corrected chi connectivity index (χ3v) is 5.89. The van der Waals surface area contributed by atoms with Gasteiger partial charge in [-0.3, -0.25) is 0 Å². The van der Waals surface area contributed by atoms with Crippen LogP contribution in [0.1, 0.15) is 23.5 Å². The molecule has 1 aliphatic heterocycles. The molecule has 0 unspecified atom stereocenters. The number of fused-ring (bicyclic) bond motifs is 3. The number of hydrogen-bond acceptors (Lipinski definition) is 3. The Labute approximate surface area is 151 Å². The van der Waals surface area contributed by atoms with Crippen LogP contribution >= 0.6 is 11.6 Å². The number of carbonyl (C=O) groups is 1. The van der Waals surface area contributed by atoms with E-state index in [2.05, 4.69) is 12.2 Å². The molecule has 0 N–H and O–H groups in total. The number of carbonyl (C=O) groups excluding carboxylic acids is 1. The van der Waals surface area contributed by atoms with Crippen LogP contribution in [0.15, 0.2) is 71.7 Å². The minimum absolute atomic E-state index is 0.00604. The molecule has 0 aromatic heterocycles. The van der Waals surface area contributed by atoms with Crippen molar-refractivity contribution in [2.24, 2.45) is 16.8 Å². The number of ether oxygens (including phenoxy) is 1. The predicted octanol–water partition coefficient (Wildman–Crippen LogP) is 4.37. The third kappa shape index (κ3) is 2.05. The summed E-state index contributed by atoms with van der Waals surface area (Å²) in [5.74, 6) is 0.589. The topological polar surface area (TPSA) is 38.7 Å². The molecule has 1 heterocycles. The van der Waals surface area contributed by atoms with E-state index in [1.807, 2.05) is 54.6 Å². The van der Waals surface area contributed by atoms with E-state index in [4.69, 9.17) is 21.3 Å². The maximum atomic E-state index is 13.0. The molecule has 3 nitrogen and oxygen atoms in total. The number of rotatable bonds is 2. The second kappa shape index (κ2) is 5.30. The molecule has 1 saturated carbocycles. The van der Waals surface area contributed by atoms with E-state index in [-0.39, 0.29) is 17.8 Å². The number of aliphatic imine (C=N–C) groups is 1. The highest BCUT2D eigenvalue weighted by molar-refractivity contribution is 6.30. The van der Waals surface area contributed by atoms with Crippen LogP contribution in [0.25, 0.3) is 0 Å². The molecule has 5 rings (SSSR count). The fraction of sp³-hybridized carbons (Fsp3) is 0.238. The van der Waals surface area contributed by atoms with Gasteiger partial charge in [0, 0.05) is 22.4 Å². The van der Waals surface area contributed by atoms with E-state index in [0.717, 1.165) is 17.5 Å². The van der Waals surface area contributed by atoms with E-state index in [1.165, 1.54) is 0 Å². The molecule has 0 radical (unpaired) electrons. The van der Waals surface area contributed by atoms with Crippen molar-refractivity contribution in [3.63, 3.8) is 0 Å². The molecule has 0 amide bonds. The van der Waals surface area contributed by atoms with Crippen LogP contribution in [0.2, 0.25) is 5.02 Å². The summed E-state index contributed by atoms with van der Waals surface area (Å²) in [4.78, 5) is 17.9. The fourth-order valence-electron chi connectivity index (χ4n) is 4.57. The standard InChI is InChI=1S/C21H16ClNO2/c22-17-10-7-13(8-11-17)18-15-6-9-16(12-15)21(18)20(24)25-19(23-21)14-4-2-1-3-5-14/h1-11,15-16,18H,12H2/t15-,16+,18+,21-/m0/s1. The van der Waals surface area contributed by atoms with E-state index < -0.39 is 5.54 Å². The fourth-order valence-corrected chi connectivity index (χ4v) is 4.70.